The molecule has 0 fully saturated rings. The highest BCUT2D eigenvalue weighted by Gasteiger charge is 2.13. The molecular weight excluding hydrogens is 298 g/mol. The molecule has 1 unspecified atom stereocenters. The molecule has 0 amide bonds. The van der Waals surface area contributed by atoms with E-state index in [1.165, 1.54) is 10.4 Å². The lowest BCUT2D eigenvalue weighted by Crippen LogP contribution is -2.01. The van der Waals surface area contributed by atoms with Crippen molar-refractivity contribution in [3.63, 3.8) is 0 Å². The maximum absolute atomic E-state index is 10.1. The standard InChI is InChI=1S/C13H14BrNOS/c1-8-5-13(17-9(8)2)12(16)6-11-4-3-10(14)7-15-11/h3-5,7,12,16H,6H2,1-2H3. The minimum absolute atomic E-state index is 0.457. The monoisotopic (exact) mass is 311 g/mol. The molecule has 90 valence electrons. The van der Waals surface area contributed by atoms with E-state index < -0.39 is 6.10 Å². The lowest BCUT2D eigenvalue weighted by atomic mass is 10.1. The fourth-order valence-electron chi connectivity index (χ4n) is 1.59. The van der Waals surface area contributed by atoms with Crippen LogP contribution in [0.2, 0.25) is 0 Å². The Morgan fingerprint density at radius 1 is 1.41 bits per heavy atom. The van der Waals surface area contributed by atoms with Gasteiger partial charge in [-0.15, -0.1) is 11.3 Å². The number of thiophene rings is 1. The smallest absolute Gasteiger partial charge is 0.0937 e. The summed E-state index contributed by atoms with van der Waals surface area (Å²) in [6.07, 6.45) is 1.86. The summed E-state index contributed by atoms with van der Waals surface area (Å²) >= 11 is 5.00. The van der Waals surface area contributed by atoms with Gasteiger partial charge in [-0.25, -0.2) is 0 Å². The van der Waals surface area contributed by atoms with Crippen LogP contribution >= 0.6 is 27.3 Å². The Morgan fingerprint density at radius 3 is 2.71 bits per heavy atom. The van der Waals surface area contributed by atoms with Crippen LogP contribution in [0.15, 0.2) is 28.9 Å². The van der Waals surface area contributed by atoms with Gasteiger partial charge in [0.25, 0.3) is 0 Å². The van der Waals surface area contributed by atoms with Gasteiger partial charge in [-0.1, -0.05) is 0 Å². The van der Waals surface area contributed by atoms with Gasteiger partial charge in [0, 0.05) is 32.5 Å². The molecule has 0 saturated heterocycles. The molecule has 0 radical (unpaired) electrons. The normalized spacial score (nSPS) is 12.7. The van der Waals surface area contributed by atoms with Gasteiger partial charge in [-0.05, 0) is 53.5 Å². The molecule has 1 atom stereocenters. The number of aromatic nitrogens is 1. The molecule has 0 aliphatic heterocycles. The van der Waals surface area contributed by atoms with Crippen molar-refractivity contribution in [1.29, 1.82) is 0 Å². The third-order valence-corrected chi connectivity index (χ3v) is 4.43. The molecule has 0 spiro atoms. The van der Waals surface area contributed by atoms with E-state index >= 15 is 0 Å². The number of pyridine rings is 1. The molecule has 17 heavy (non-hydrogen) atoms. The second kappa shape index (κ2) is 5.29. The van der Waals surface area contributed by atoms with Crippen LogP contribution < -0.4 is 0 Å². The van der Waals surface area contributed by atoms with Crippen LogP contribution in [0.1, 0.15) is 27.1 Å². The van der Waals surface area contributed by atoms with Crippen molar-refractivity contribution in [1.82, 2.24) is 4.98 Å². The fourth-order valence-corrected chi connectivity index (χ4v) is 2.85. The molecule has 0 aromatic carbocycles. The van der Waals surface area contributed by atoms with Gasteiger partial charge in [-0.2, -0.15) is 0 Å². The summed E-state index contributed by atoms with van der Waals surface area (Å²) in [7, 11) is 0. The van der Waals surface area contributed by atoms with Gasteiger partial charge in [-0.3, -0.25) is 4.98 Å². The van der Waals surface area contributed by atoms with Crippen molar-refractivity contribution in [3.8, 4) is 0 Å². The quantitative estimate of drug-likeness (QED) is 0.935. The second-order valence-corrected chi connectivity index (χ2v) is 6.28. The Bertz CT molecular complexity index is 487. The van der Waals surface area contributed by atoms with E-state index in [4.69, 9.17) is 0 Å². The predicted octanol–water partition coefficient (Wildman–Crippen LogP) is 3.80. The summed E-state index contributed by atoms with van der Waals surface area (Å²) in [5, 5.41) is 10.1. The first-order valence-corrected chi connectivity index (χ1v) is 7.02. The number of aliphatic hydroxyl groups excluding tert-OH is 1. The van der Waals surface area contributed by atoms with E-state index in [9.17, 15) is 5.11 Å². The van der Waals surface area contributed by atoms with Crippen LogP contribution in [-0.2, 0) is 6.42 Å². The van der Waals surface area contributed by atoms with E-state index in [0.717, 1.165) is 15.0 Å². The lowest BCUT2D eigenvalue weighted by Gasteiger charge is -2.07. The first-order valence-electron chi connectivity index (χ1n) is 5.41. The van der Waals surface area contributed by atoms with E-state index in [-0.39, 0.29) is 0 Å². The lowest BCUT2D eigenvalue weighted by molar-refractivity contribution is 0.181. The number of halogens is 1. The highest BCUT2D eigenvalue weighted by atomic mass is 79.9. The Hall–Kier alpha value is -0.710. The summed E-state index contributed by atoms with van der Waals surface area (Å²) in [6, 6.07) is 5.93. The summed E-state index contributed by atoms with van der Waals surface area (Å²) in [5.41, 5.74) is 2.15. The van der Waals surface area contributed by atoms with Crippen LogP contribution in [0.3, 0.4) is 0 Å². The number of hydrogen-bond acceptors (Lipinski definition) is 3. The maximum Gasteiger partial charge on any atom is 0.0937 e. The molecule has 0 bridgehead atoms. The molecular formula is C13H14BrNOS. The Labute approximate surface area is 113 Å². The molecule has 0 aliphatic carbocycles. The zero-order chi connectivity index (χ0) is 12.4. The first-order chi connectivity index (χ1) is 8.06. The number of aliphatic hydroxyl groups is 1. The predicted molar refractivity (Wildman–Crippen MR) is 74.4 cm³/mol. The van der Waals surface area contributed by atoms with Crippen molar-refractivity contribution in [2.24, 2.45) is 0 Å². The highest BCUT2D eigenvalue weighted by Crippen LogP contribution is 2.28. The molecule has 2 nitrogen and oxygen atoms in total. The number of nitrogens with zero attached hydrogens (tertiary/aromatic N) is 1. The van der Waals surface area contributed by atoms with Crippen LogP contribution in [0.5, 0.6) is 0 Å². The average Bonchev–Trinajstić information content (AvgIpc) is 2.63. The van der Waals surface area contributed by atoms with E-state index in [0.29, 0.717) is 6.42 Å². The largest absolute Gasteiger partial charge is 0.387 e. The first kappa shape index (κ1) is 12.7. The summed E-state index contributed by atoms with van der Waals surface area (Å²) in [4.78, 5) is 6.56. The van der Waals surface area contributed by atoms with Crippen LogP contribution in [0, 0.1) is 13.8 Å². The molecule has 0 saturated carbocycles. The zero-order valence-corrected chi connectivity index (χ0v) is 12.2. The highest BCUT2D eigenvalue weighted by molar-refractivity contribution is 9.10. The molecule has 1 N–H and O–H groups in total. The van der Waals surface area contributed by atoms with Gasteiger partial charge in [0.1, 0.15) is 0 Å². The molecule has 2 heterocycles. The topological polar surface area (TPSA) is 33.1 Å². The van der Waals surface area contributed by atoms with Crippen LogP contribution in [-0.4, -0.2) is 10.1 Å². The van der Waals surface area contributed by atoms with Crippen molar-refractivity contribution < 1.29 is 5.11 Å². The zero-order valence-electron chi connectivity index (χ0n) is 9.77. The molecule has 2 aromatic rings. The molecule has 4 heteroatoms. The van der Waals surface area contributed by atoms with Gasteiger partial charge >= 0.3 is 0 Å². The maximum atomic E-state index is 10.1. The third-order valence-electron chi connectivity index (χ3n) is 2.70. The van der Waals surface area contributed by atoms with Crippen molar-refractivity contribution in [3.05, 3.63) is 49.9 Å². The Balaban J connectivity index is 2.11. The Kier molecular flexibility index (Phi) is 3.97. The van der Waals surface area contributed by atoms with Crippen molar-refractivity contribution in [2.45, 2.75) is 26.4 Å². The summed E-state index contributed by atoms with van der Waals surface area (Å²) in [6.45, 7) is 4.15. The summed E-state index contributed by atoms with van der Waals surface area (Å²) < 4.78 is 0.957. The van der Waals surface area contributed by atoms with Crippen molar-refractivity contribution in [2.75, 3.05) is 0 Å². The SMILES string of the molecule is Cc1cc(C(O)Cc2ccc(Br)cn2)sc1C. The molecule has 0 aliphatic rings. The van der Waals surface area contributed by atoms with Crippen LogP contribution in [0.25, 0.3) is 0 Å². The number of aryl methyl sites for hydroxylation is 2. The van der Waals surface area contributed by atoms with Crippen LogP contribution in [0.4, 0.5) is 0 Å². The second-order valence-electron chi connectivity index (χ2n) is 4.08. The average molecular weight is 312 g/mol. The third kappa shape index (κ3) is 3.15. The van der Waals surface area contributed by atoms with Gasteiger partial charge in [0.15, 0.2) is 0 Å². The molecule has 2 rings (SSSR count). The van der Waals surface area contributed by atoms with Gasteiger partial charge in [0.05, 0.1) is 6.10 Å². The fraction of sp³-hybridized carbons (Fsp3) is 0.308. The van der Waals surface area contributed by atoms with Gasteiger partial charge < -0.3 is 5.11 Å². The molecule has 2 aromatic heterocycles. The van der Waals surface area contributed by atoms with E-state index in [2.05, 4.69) is 40.8 Å². The Morgan fingerprint density at radius 2 is 2.18 bits per heavy atom. The number of rotatable bonds is 3. The van der Waals surface area contributed by atoms with E-state index in [1.54, 1.807) is 17.5 Å². The summed E-state index contributed by atoms with van der Waals surface area (Å²) in [5.74, 6) is 0. The minimum atomic E-state index is -0.457. The van der Waals surface area contributed by atoms with Gasteiger partial charge in [0.2, 0.25) is 0 Å². The number of hydrogen-bond donors (Lipinski definition) is 1. The van der Waals surface area contributed by atoms with Crippen molar-refractivity contribution >= 4 is 27.3 Å². The minimum Gasteiger partial charge on any atom is -0.387 e. The van der Waals surface area contributed by atoms with E-state index in [1.807, 2.05) is 12.1 Å².